The Morgan fingerprint density at radius 1 is 1.00 bits per heavy atom. The highest BCUT2D eigenvalue weighted by Gasteiger charge is 2.34. The smallest absolute Gasteiger partial charge is 0.251 e. The van der Waals surface area contributed by atoms with Gasteiger partial charge in [-0.3, -0.25) is 4.79 Å². The SMILES string of the molecule is Cc1ccc(C2(O)CCN(c3cccn4nc(Nc5ccc(C(=O)NCC6CCN(C)CC6)cc5)nc34)CC2)cc1. The van der Waals surface area contributed by atoms with Crippen LogP contribution in [0.15, 0.2) is 66.9 Å². The Kier molecular flexibility index (Phi) is 7.64. The molecule has 9 nitrogen and oxygen atoms in total. The van der Waals surface area contributed by atoms with Gasteiger partial charge in [-0.15, -0.1) is 5.10 Å². The lowest BCUT2D eigenvalue weighted by Crippen LogP contribution is -2.42. The molecule has 1 amide bonds. The second-order valence-electron chi connectivity index (χ2n) is 11.6. The number of anilines is 3. The Balaban J connectivity index is 1.08. The normalized spacial score (nSPS) is 18.0. The summed E-state index contributed by atoms with van der Waals surface area (Å²) in [5.41, 5.74) is 4.58. The van der Waals surface area contributed by atoms with Crippen LogP contribution < -0.4 is 15.5 Å². The number of aliphatic hydroxyl groups is 1. The van der Waals surface area contributed by atoms with Gasteiger partial charge in [-0.05, 0) is 101 Å². The Morgan fingerprint density at radius 2 is 1.71 bits per heavy atom. The summed E-state index contributed by atoms with van der Waals surface area (Å²) in [6.07, 6.45) is 5.44. The molecule has 4 aromatic rings. The summed E-state index contributed by atoms with van der Waals surface area (Å²) in [6, 6.07) is 19.7. The van der Waals surface area contributed by atoms with E-state index in [4.69, 9.17) is 4.98 Å². The second kappa shape index (κ2) is 11.5. The number of rotatable bonds is 7. The summed E-state index contributed by atoms with van der Waals surface area (Å²) in [4.78, 5) is 22.1. The van der Waals surface area contributed by atoms with Crippen LogP contribution in [-0.4, -0.2) is 70.3 Å². The first-order valence-electron chi connectivity index (χ1n) is 14.6. The van der Waals surface area contributed by atoms with Crippen molar-refractivity contribution in [2.24, 2.45) is 5.92 Å². The van der Waals surface area contributed by atoms with Crippen molar-refractivity contribution in [1.82, 2.24) is 24.8 Å². The molecule has 3 N–H and O–H groups in total. The van der Waals surface area contributed by atoms with Crippen LogP contribution in [0.3, 0.4) is 0 Å². The largest absolute Gasteiger partial charge is 0.385 e. The summed E-state index contributed by atoms with van der Waals surface area (Å²) in [5.74, 6) is 0.998. The zero-order valence-corrected chi connectivity index (χ0v) is 23.9. The quantitative estimate of drug-likeness (QED) is 0.313. The summed E-state index contributed by atoms with van der Waals surface area (Å²) in [6.45, 7) is 6.42. The average molecular weight is 554 g/mol. The molecular formula is C32H39N7O2. The zero-order chi connectivity index (χ0) is 28.4. The van der Waals surface area contributed by atoms with Crippen molar-refractivity contribution >= 4 is 28.9 Å². The van der Waals surface area contributed by atoms with E-state index < -0.39 is 5.60 Å². The van der Waals surface area contributed by atoms with Crippen LogP contribution in [-0.2, 0) is 5.60 Å². The van der Waals surface area contributed by atoms with E-state index in [1.165, 1.54) is 5.56 Å². The van der Waals surface area contributed by atoms with Gasteiger partial charge in [0.2, 0.25) is 5.95 Å². The number of likely N-dealkylation sites (tertiary alicyclic amines) is 1. The molecular weight excluding hydrogens is 514 g/mol. The van der Waals surface area contributed by atoms with E-state index in [0.717, 1.165) is 68.2 Å². The highest BCUT2D eigenvalue weighted by molar-refractivity contribution is 5.94. The van der Waals surface area contributed by atoms with Gasteiger partial charge in [0.15, 0.2) is 5.65 Å². The predicted octanol–water partition coefficient (Wildman–Crippen LogP) is 4.34. The van der Waals surface area contributed by atoms with Crippen molar-refractivity contribution < 1.29 is 9.90 Å². The lowest BCUT2D eigenvalue weighted by Gasteiger charge is -2.39. The number of benzene rings is 2. The Bertz CT molecular complexity index is 1480. The van der Waals surface area contributed by atoms with Gasteiger partial charge in [0.1, 0.15) is 0 Å². The van der Waals surface area contributed by atoms with Gasteiger partial charge in [0.05, 0.1) is 11.3 Å². The van der Waals surface area contributed by atoms with E-state index in [1.807, 2.05) is 48.7 Å². The third-order valence-electron chi connectivity index (χ3n) is 8.65. The van der Waals surface area contributed by atoms with E-state index >= 15 is 0 Å². The first-order chi connectivity index (χ1) is 19.9. The van der Waals surface area contributed by atoms with Gasteiger partial charge in [0, 0.05) is 37.1 Å². The number of nitrogens with one attached hydrogen (secondary N) is 2. The number of nitrogens with zero attached hydrogens (tertiary/aromatic N) is 5. The van der Waals surface area contributed by atoms with E-state index in [-0.39, 0.29) is 5.91 Å². The van der Waals surface area contributed by atoms with Gasteiger partial charge in [-0.25, -0.2) is 4.52 Å². The van der Waals surface area contributed by atoms with Crippen molar-refractivity contribution in [1.29, 1.82) is 0 Å². The highest BCUT2D eigenvalue weighted by Crippen LogP contribution is 2.35. The number of carbonyl (C=O) groups excluding carboxylic acids is 1. The monoisotopic (exact) mass is 553 g/mol. The topological polar surface area (TPSA) is 98.0 Å². The van der Waals surface area contributed by atoms with Crippen LogP contribution in [0.4, 0.5) is 17.3 Å². The van der Waals surface area contributed by atoms with Gasteiger partial charge < -0.3 is 25.5 Å². The lowest BCUT2D eigenvalue weighted by molar-refractivity contribution is 0.0118. The predicted molar refractivity (Wildman–Crippen MR) is 162 cm³/mol. The molecule has 41 heavy (non-hydrogen) atoms. The first-order valence-corrected chi connectivity index (χ1v) is 14.6. The molecule has 2 aliphatic rings. The number of amides is 1. The van der Waals surface area contributed by atoms with Crippen LogP contribution in [0.1, 0.15) is 47.2 Å². The van der Waals surface area contributed by atoms with Gasteiger partial charge in [-0.1, -0.05) is 29.8 Å². The van der Waals surface area contributed by atoms with Crippen LogP contribution in [0.25, 0.3) is 5.65 Å². The number of fused-ring (bicyclic) bond motifs is 1. The van der Waals surface area contributed by atoms with E-state index in [0.29, 0.717) is 30.3 Å². The fourth-order valence-corrected chi connectivity index (χ4v) is 5.90. The Labute approximate surface area is 241 Å². The molecule has 9 heteroatoms. The zero-order valence-electron chi connectivity index (χ0n) is 23.9. The lowest BCUT2D eigenvalue weighted by atomic mass is 9.84. The molecule has 6 rings (SSSR count). The molecule has 0 unspecified atom stereocenters. The number of aryl methyl sites for hydroxylation is 1. The molecule has 2 aliphatic heterocycles. The molecule has 2 fully saturated rings. The van der Waals surface area contributed by atoms with Gasteiger partial charge >= 0.3 is 0 Å². The van der Waals surface area contributed by atoms with E-state index in [9.17, 15) is 9.90 Å². The van der Waals surface area contributed by atoms with Gasteiger partial charge in [-0.2, -0.15) is 4.98 Å². The molecule has 0 aliphatic carbocycles. The average Bonchev–Trinajstić information content (AvgIpc) is 3.40. The Morgan fingerprint density at radius 3 is 2.41 bits per heavy atom. The fourth-order valence-electron chi connectivity index (χ4n) is 5.90. The number of piperidine rings is 2. The van der Waals surface area contributed by atoms with Crippen molar-refractivity contribution in [3.05, 3.63) is 83.6 Å². The number of hydrogen-bond donors (Lipinski definition) is 3. The summed E-state index contributed by atoms with van der Waals surface area (Å²) < 4.78 is 1.78. The molecule has 0 radical (unpaired) electrons. The van der Waals surface area contributed by atoms with Crippen molar-refractivity contribution in [2.45, 2.75) is 38.2 Å². The van der Waals surface area contributed by atoms with Crippen LogP contribution in [0.5, 0.6) is 0 Å². The van der Waals surface area contributed by atoms with Crippen LogP contribution in [0, 0.1) is 12.8 Å². The third kappa shape index (κ3) is 6.06. The maximum Gasteiger partial charge on any atom is 0.251 e. The van der Waals surface area contributed by atoms with E-state index in [1.54, 1.807) is 4.52 Å². The van der Waals surface area contributed by atoms with Crippen molar-refractivity contribution in [3.63, 3.8) is 0 Å². The highest BCUT2D eigenvalue weighted by atomic mass is 16.3. The minimum absolute atomic E-state index is 0.0400. The molecule has 0 bridgehead atoms. The van der Waals surface area contributed by atoms with Gasteiger partial charge in [0.25, 0.3) is 5.91 Å². The number of aromatic nitrogens is 3. The maximum absolute atomic E-state index is 12.7. The first kappa shape index (κ1) is 27.2. The van der Waals surface area contributed by atoms with Crippen LogP contribution >= 0.6 is 0 Å². The number of carbonyl (C=O) groups is 1. The van der Waals surface area contributed by atoms with E-state index in [2.05, 4.69) is 57.7 Å². The maximum atomic E-state index is 12.7. The molecule has 214 valence electrons. The minimum atomic E-state index is -0.814. The van der Waals surface area contributed by atoms with Crippen molar-refractivity contribution in [3.8, 4) is 0 Å². The summed E-state index contributed by atoms with van der Waals surface area (Å²) in [7, 11) is 2.15. The minimum Gasteiger partial charge on any atom is -0.385 e. The molecule has 4 heterocycles. The Hall–Kier alpha value is -3.95. The fraction of sp³-hybridized carbons (Fsp3) is 0.406. The molecule has 2 aromatic heterocycles. The molecule has 0 spiro atoms. The molecule has 0 atom stereocenters. The number of hydrogen-bond acceptors (Lipinski definition) is 7. The second-order valence-corrected chi connectivity index (χ2v) is 11.6. The van der Waals surface area contributed by atoms with Crippen LogP contribution in [0.2, 0.25) is 0 Å². The van der Waals surface area contributed by atoms with Crippen molar-refractivity contribution in [2.75, 3.05) is 50.0 Å². The molecule has 2 saturated heterocycles. The molecule has 0 saturated carbocycles. The summed E-state index contributed by atoms with van der Waals surface area (Å²) in [5, 5.41) is 22.3. The molecule has 2 aromatic carbocycles. The third-order valence-corrected chi connectivity index (χ3v) is 8.65. The summed E-state index contributed by atoms with van der Waals surface area (Å²) >= 11 is 0. The number of pyridine rings is 1. The standard InChI is InChI=1S/C32H39N7O2/c1-23-5-9-26(10-6-23)32(41)15-20-38(21-16-32)28-4-3-17-39-29(28)35-31(36-39)34-27-11-7-25(8-12-27)30(40)33-22-24-13-18-37(2)19-14-24/h3-12,17,24,41H,13-16,18-22H2,1-2H3,(H,33,40)(H,34,36).